The standard InChI is InChI=1S/C20H19NO5S/c1-23-15-6-4-5-13(9-15)19-21-14(12-27-19)11-26-20(22)17-8-7-16(24-2)10-18(17)25-3/h4-10,12H,11H2,1-3H3. The van der Waals surface area contributed by atoms with Crippen LogP contribution in [0.5, 0.6) is 17.2 Å². The van der Waals surface area contributed by atoms with E-state index in [1.807, 2.05) is 29.6 Å². The monoisotopic (exact) mass is 385 g/mol. The van der Waals surface area contributed by atoms with Gasteiger partial charge < -0.3 is 18.9 Å². The summed E-state index contributed by atoms with van der Waals surface area (Å²) in [6, 6.07) is 12.6. The molecule has 0 atom stereocenters. The summed E-state index contributed by atoms with van der Waals surface area (Å²) in [5.41, 5.74) is 1.97. The van der Waals surface area contributed by atoms with Crippen molar-refractivity contribution in [2.75, 3.05) is 21.3 Å². The first kappa shape index (κ1) is 18.7. The lowest BCUT2D eigenvalue weighted by Gasteiger charge is -2.09. The molecule has 0 radical (unpaired) electrons. The molecule has 3 aromatic rings. The van der Waals surface area contributed by atoms with Crippen molar-refractivity contribution in [2.24, 2.45) is 0 Å². The number of carbonyl (C=O) groups excluding carboxylic acids is 1. The molecule has 0 aliphatic heterocycles. The molecular formula is C20H19NO5S. The maximum atomic E-state index is 12.4. The van der Waals surface area contributed by atoms with E-state index in [2.05, 4.69) is 4.98 Å². The van der Waals surface area contributed by atoms with Gasteiger partial charge in [-0.1, -0.05) is 12.1 Å². The number of thiazole rings is 1. The summed E-state index contributed by atoms with van der Waals surface area (Å²) >= 11 is 1.48. The predicted molar refractivity (Wildman–Crippen MR) is 103 cm³/mol. The molecular weight excluding hydrogens is 366 g/mol. The van der Waals surface area contributed by atoms with Crippen LogP contribution in [0.15, 0.2) is 47.8 Å². The first-order chi connectivity index (χ1) is 13.1. The van der Waals surface area contributed by atoms with Crippen LogP contribution in [0, 0.1) is 0 Å². The van der Waals surface area contributed by atoms with Gasteiger partial charge in [0.1, 0.15) is 34.4 Å². The van der Waals surface area contributed by atoms with E-state index in [9.17, 15) is 4.79 Å². The molecule has 140 valence electrons. The summed E-state index contributed by atoms with van der Waals surface area (Å²) in [5, 5.41) is 2.70. The molecule has 0 unspecified atom stereocenters. The van der Waals surface area contributed by atoms with Gasteiger partial charge >= 0.3 is 5.97 Å². The van der Waals surface area contributed by atoms with E-state index < -0.39 is 5.97 Å². The quantitative estimate of drug-likeness (QED) is 0.568. The number of hydrogen-bond acceptors (Lipinski definition) is 7. The SMILES string of the molecule is COc1cccc(-c2nc(COC(=O)c3ccc(OC)cc3OC)cs2)c1. The van der Waals surface area contributed by atoms with Crippen molar-refractivity contribution < 1.29 is 23.7 Å². The Morgan fingerprint density at radius 2 is 1.78 bits per heavy atom. The second-order valence-electron chi connectivity index (χ2n) is 5.52. The molecule has 3 rings (SSSR count). The largest absolute Gasteiger partial charge is 0.497 e. The maximum Gasteiger partial charge on any atom is 0.342 e. The highest BCUT2D eigenvalue weighted by atomic mass is 32.1. The number of benzene rings is 2. The van der Waals surface area contributed by atoms with Gasteiger partial charge in [-0.05, 0) is 24.3 Å². The number of ether oxygens (including phenoxy) is 4. The molecule has 6 nitrogen and oxygen atoms in total. The fourth-order valence-corrected chi connectivity index (χ4v) is 3.25. The smallest absolute Gasteiger partial charge is 0.342 e. The summed E-state index contributed by atoms with van der Waals surface area (Å²) in [6.45, 7) is 0.0779. The van der Waals surface area contributed by atoms with Crippen LogP contribution in [0.4, 0.5) is 0 Å². The van der Waals surface area contributed by atoms with Gasteiger partial charge in [0, 0.05) is 17.0 Å². The van der Waals surface area contributed by atoms with Crippen LogP contribution in [0.3, 0.4) is 0 Å². The molecule has 1 aromatic heterocycles. The van der Waals surface area contributed by atoms with Crippen molar-refractivity contribution >= 4 is 17.3 Å². The summed E-state index contributed by atoms with van der Waals surface area (Å²) in [4.78, 5) is 16.9. The van der Waals surface area contributed by atoms with E-state index in [1.54, 1.807) is 32.4 Å². The Hall–Kier alpha value is -3.06. The minimum atomic E-state index is -0.481. The lowest BCUT2D eigenvalue weighted by atomic mass is 10.2. The topological polar surface area (TPSA) is 66.9 Å². The molecule has 0 bridgehead atoms. The second-order valence-corrected chi connectivity index (χ2v) is 6.38. The minimum Gasteiger partial charge on any atom is -0.497 e. The Bertz CT molecular complexity index is 938. The molecule has 0 N–H and O–H groups in total. The molecule has 0 spiro atoms. The van der Waals surface area contributed by atoms with Crippen molar-refractivity contribution in [3.05, 3.63) is 59.1 Å². The van der Waals surface area contributed by atoms with Crippen LogP contribution >= 0.6 is 11.3 Å². The lowest BCUT2D eigenvalue weighted by molar-refractivity contribution is 0.0465. The van der Waals surface area contributed by atoms with E-state index in [1.165, 1.54) is 18.4 Å². The third-order valence-electron chi connectivity index (χ3n) is 3.85. The number of carbonyl (C=O) groups is 1. The minimum absolute atomic E-state index is 0.0779. The maximum absolute atomic E-state index is 12.4. The number of nitrogens with zero attached hydrogens (tertiary/aromatic N) is 1. The normalized spacial score (nSPS) is 10.3. The number of methoxy groups -OCH3 is 3. The van der Waals surface area contributed by atoms with Crippen LogP contribution < -0.4 is 14.2 Å². The Balaban J connectivity index is 1.69. The highest BCUT2D eigenvalue weighted by Gasteiger charge is 2.16. The fraction of sp³-hybridized carbons (Fsp3) is 0.200. The summed E-state index contributed by atoms with van der Waals surface area (Å²) < 4.78 is 21.0. The molecule has 0 saturated heterocycles. The first-order valence-electron chi connectivity index (χ1n) is 8.12. The fourth-order valence-electron chi connectivity index (χ4n) is 2.45. The van der Waals surface area contributed by atoms with Crippen LogP contribution in [0.2, 0.25) is 0 Å². The summed E-state index contributed by atoms with van der Waals surface area (Å²) in [5.74, 6) is 1.29. The molecule has 0 saturated carbocycles. The average Bonchev–Trinajstić information content (AvgIpc) is 3.20. The molecule has 27 heavy (non-hydrogen) atoms. The van der Waals surface area contributed by atoms with Crippen molar-refractivity contribution in [2.45, 2.75) is 6.61 Å². The highest BCUT2D eigenvalue weighted by Crippen LogP contribution is 2.28. The van der Waals surface area contributed by atoms with Crippen LogP contribution in [-0.4, -0.2) is 32.3 Å². The average molecular weight is 385 g/mol. The third-order valence-corrected chi connectivity index (χ3v) is 4.79. The van der Waals surface area contributed by atoms with E-state index in [0.29, 0.717) is 22.8 Å². The van der Waals surface area contributed by atoms with E-state index in [0.717, 1.165) is 16.3 Å². The predicted octanol–water partition coefficient (Wildman–Crippen LogP) is 4.19. The highest BCUT2D eigenvalue weighted by molar-refractivity contribution is 7.13. The molecule has 0 aliphatic carbocycles. The van der Waals surface area contributed by atoms with Gasteiger partial charge in [-0.2, -0.15) is 0 Å². The van der Waals surface area contributed by atoms with E-state index >= 15 is 0 Å². The van der Waals surface area contributed by atoms with Gasteiger partial charge in [0.2, 0.25) is 0 Å². The number of hydrogen-bond donors (Lipinski definition) is 0. The Labute approximate surface area is 161 Å². The first-order valence-corrected chi connectivity index (χ1v) is 9.00. The van der Waals surface area contributed by atoms with Crippen molar-refractivity contribution in [3.63, 3.8) is 0 Å². The van der Waals surface area contributed by atoms with Gasteiger partial charge in [0.25, 0.3) is 0 Å². The Kier molecular flexibility index (Phi) is 5.93. The second kappa shape index (κ2) is 8.55. The summed E-state index contributed by atoms with van der Waals surface area (Å²) in [7, 11) is 4.67. The Morgan fingerprint density at radius 3 is 2.52 bits per heavy atom. The zero-order chi connectivity index (χ0) is 19.2. The molecule has 0 aliphatic rings. The van der Waals surface area contributed by atoms with Crippen LogP contribution in [-0.2, 0) is 11.3 Å². The third kappa shape index (κ3) is 4.38. The molecule has 0 amide bonds. The van der Waals surface area contributed by atoms with Gasteiger partial charge in [0.15, 0.2) is 0 Å². The zero-order valence-corrected chi connectivity index (χ0v) is 16.0. The number of esters is 1. The molecule has 1 heterocycles. The van der Waals surface area contributed by atoms with E-state index in [-0.39, 0.29) is 6.61 Å². The molecule has 2 aromatic carbocycles. The Morgan fingerprint density at radius 1 is 1.00 bits per heavy atom. The lowest BCUT2D eigenvalue weighted by Crippen LogP contribution is -2.07. The number of aromatic nitrogens is 1. The molecule has 0 fully saturated rings. The van der Waals surface area contributed by atoms with Crippen molar-refractivity contribution in [1.82, 2.24) is 4.98 Å². The van der Waals surface area contributed by atoms with Crippen LogP contribution in [0.1, 0.15) is 16.1 Å². The summed E-state index contributed by atoms with van der Waals surface area (Å²) in [6.07, 6.45) is 0. The van der Waals surface area contributed by atoms with Crippen LogP contribution in [0.25, 0.3) is 10.6 Å². The van der Waals surface area contributed by atoms with Crippen molar-refractivity contribution in [3.8, 4) is 27.8 Å². The zero-order valence-electron chi connectivity index (χ0n) is 15.2. The number of rotatable bonds is 7. The van der Waals surface area contributed by atoms with Gasteiger partial charge in [-0.3, -0.25) is 0 Å². The van der Waals surface area contributed by atoms with Gasteiger partial charge in [-0.25, -0.2) is 9.78 Å². The van der Waals surface area contributed by atoms with E-state index in [4.69, 9.17) is 18.9 Å². The van der Waals surface area contributed by atoms with Crippen molar-refractivity contribution in [1.29, 1.82) is 0 Å². The van der Waals surface area contributed by atoms with Gasteiger partial charge in [-0.15, -0.1) is 11.3 Å². The van der Waals surface area contributed by atoms with Gasteiger partial charge in [0.05, 0.1) is 27.0 Å². The molecule has 7 heteroatoms.